The molecule has 0 aromatic carbocycles. The van der Waals surface area contributed by atoms with E-state index < -0.39 is 0 Å². The zero-order valence-electron chi connectivity index (χ0n) is 11.0. The molecule has 5 nitrogen and oxygen atoms in total. The Hall–Kier alpha value is -2.04. The van der Waals surface area contributed by atoms with Crippen LogP contribution in [0.1, 0.15) is 24.5 Å². The number of methoxy groups -OCH3 is 1. The molecule has 1 N–H and O–H groups in total. The first-order valence-electron chi connectivity index (χ1n) is 6.61. The van der Waals surface area contributed by atoms with Gasteiger partial charge in [-0.2, -0.15) is 5.10 Å². The van der Waals surface area contributed by atoms with E-state index in [4.69, 9.17) is 4.74 Å². The highest BCUT2D eigenvalue weighted by atomic mass is 16.5. The van der Waals surface area contributed by atoms with E-state index >= 15 is 0 Å². The monoisotopic (exact) mass is 258 g/mol. The Morgan fingerprint density at radius 2 is 2.11 bits per heavy atom. The Labute approximate surface area is 112 Å². The molecule has 5 heteroatoms. The molecule has 0 radical (unpaired) electrons. The highest BCUT2D eigenvalue weighted by molar-refractivity contribution is 5.44. The fourth-order valence-electron chi connectivity index (χ4n) is 2.61. The van der Waals surface area contributed by atoms with Crippen molar-refractivity contribution in [2.75, 3.05) is 25.1 Å². The molecule has 1 fully saturated rings. The van der Waals surface area contributed by atoms with Crippen LogP contribution in [0.25, 0.3) is 0 Å². The molecule has 0 amide bonds. The number of hydrogen-bond acceptors (Lipinski definition) is 4. The van der Waals surface area contributed by atoms with Crippen LogP contribution in [-0.4, -0.2) is 35.4 Å². The van der Waals surface area contributed by atoms with Crippen LogP contribution in [0.5, 0.6) is 5.75 Å². The van der Waals surface area contributed by atoms with E-state index in [1.165, 1.54) is 5.69 Å². The average Bonchev–Trinajstić information content (AvgIpc) is 3.02. The summed E-state index contributed by atoms with van der Waals surface area (Å²) < 4.78 is 5.25. The van der Waals surface area contributed by atoms with Crippen LogP contribution in [0.4, 0.5) is 5.82 Å². The van der Waals surface area contributed by atoms with Crippen molar-refractivity contribution in [3.05, 3.63) is 36.3 Å². The minimum Gasteiger partial charge on any atom is -0.497 e. The van der Waals surface area contributed by atoms with Gasteiger partial charge in [0, 0.05) is 43.2 Å². The van der Waals surface area contributed by atoms with Gasteiger partial charge >= 0.3 is 0 Å². The Morgan fingerprint density at radius 1 is 1.26 bits per heavy atom. The van der Waals surface area contributed by atoms with E-state index in [1.807, 2.05) is 18.3 Å². The molecule has 0 bridgehead atoms. The third-order valence-corrected chi connectivity index (χ3v) is 3.73. The van der Waals surface area contributed by atoms with Crippen molar-refractivity contribution in [3.63, 3.8) is 0 Å². The normalized spacial score (nSPS) is 16.6. The Balaban J connectivity index is 1.66. The zero-order valence-corrected chi connectivity index (χ0v) is 11.0. The van der Waals surface area contributed by atoms with Gasteiger partial charge in [-0.05, 0) is 25.0 Å². The average molecular weight is 258 g/mol. The summed E-state index contributed by atoms with van der Waals surface area (Å²) in [5.41, 5.74) is 1.25. The minimum absolute atomic E-state index is 0.587. The van der Waals surface area contributed by atoms with E-state index in [9.17, 15) is 0 Å². The van der Waals surface area contributed by atoms with Gasteiger partial charge in [-0.15, -0.1) is 0 Å². The van der Waals surface area contributed by atoms with E-state index in [-0.39, 0.29) is 0 Å². The summed E-state index contributed by atoms with van der Waals surface area (Å²) in [6, 6.07) is 5.95. The van der Waals surface area contributed by atoms with Crippen molar-refractivity contribution in [2.24, 2.45) is 0 Å². The van der Waals surface area contributed by atoms with Crippen LogP contribution in [0.3, 0.4) is 0 Å². The van der Waals surface area contributed by atoms with Crippen molar-refractivity contribution in [2.45, 2.75) is 18.8 Å². The maximum Gasteiger partial charge on any atom is 0.132 e. The van der Waals surface area contributed by atoms with Crippen molar-refractivity contribution in [3.8, 4) is 5.75 Å². The van der Waals surface area contributed by atoms with Gasteiger partial charge in [-0.1, -0.05) is 0 Å². The number of H-pyrrole nitrogens is 1. The van der Waals surface area contributed by atoms with Crippen LogP contribution in [0, 0.1) is 0 Å². The van der Waals surface area contributed by atoms with Gasteiger partial charge in [-0.3, -0.25) is 5.10 Å². The van der Waals surface area contributed by atoms with Crippen molar-refractivity contribution in [1.82, 2.24) is 15.2 Å². The lowest BCUT2D eigenvalue weighted by Gasteiger charge is -2.32. The predicted molar refractivity (Wildman–Crippen MR) is 73.6 cm³/mol. The Kier molecular flexibility index (Phi) is 3.35. The molecule has 19 heavy (non-hydrogen) atoms. The van der Waals surface area contributed by atoms with Crippen molar-refractivity contribution < 1.29 is 4.74 Å². The lowest BCUT2D eigenvalue weighted by molar-refractivity contribution is 0.413. The third-order valence-electron chi connectivity index (χ3n) is 3.73. The highest BCUT2D eigenvalue weighted by Gasteiger charge is 2.22. The number of nitrogens with zero attached hydrogens (tertiary/aromatic N) is 3. The fourth-order valence-corrected chi connectivity index (χ4v) is 2.61. The molecule has 1 saturated heterocycles. The molecule has 3 rings (SSSR count). The Bertz CT molecular complexity index is 518. The van der Waals surface area contributed by atoms with Gasteiger partial charge in [0.05, 0.1) is 7.11 Å². The van der Waals surface area contributed by atoms with Crippen LogP contribution < -0.4 is 9.64 Å². The van der Waals surface area contributed by atoms with E-state index in [0.29, 0.717) is 5.92 Å². The molecule has 100 valence electrons. The minimum atomic E-state index is 0.587. The number of rotatable bonds is 3. The summed E-state index contributed by atoms with van der Waals surface area (Å²) >= 11 is 0. The molecular weight excluding hydrogens is 240 g/mol. The number of aromatic amines is 1. The second kappa shape index (κ2) is 5.30. The molecule has 2 aromatic heterocycles. The molecule has 1 aliphatic rings. The molecule has 0 aliphatic carbocycles. The number of piperidine rings is 1. The highest BCUT2D eigenvalue weighted by Crippen LogP contribution is 2.29. The molecule has 0 spiro atoms. The van der Waals surface area contributed by atoms with Crippen LogP contribution >= 0.6 is 0 Å². The number of ether oxygens (including phenoxy) is 1. The lowest BCUT2D eigenvalue weighted by atomic mass is 9.94. The second-order valence-electron chi connectivity index (χ2n) is 4.83. The van der Waals surface area contributed by atoms with E-state index in [2.05, 4.69) is 26.1 Å². The second-order valence-corrected chi connectivity index (χ2v) is 4.83. The first-order valence-corrected chi connectivity index (χ1v) is 6.61. The number of aromatic nitrogens is 3. The topological polar surface area (TPSA) is 54.0 Å². The van der Waals surface area contributed by atoms with Gasteiger partial charge < -0.3 is 9.64 Å². The van der Waals surface area contributed by atoms with E-state index in [0.717, 1.165) is 37.5 Å². The van der Waals surface area contributed by atoms with Crippen molar-refractivity contribution >= 4 is 5.82 Å². The summed E-state index contributed by atoms with van der Waals surface area (Å²) in [5, 5.41) is 7.11. The van der Waals surface area contributed by atoms with E-state index in [1.54, 1.807) is 13.3 Å². The quantitative estimate of drug-likeness (QED) is 0.917. The van der Waals surface area contributed by atoms with Gasteiger partial charge in [0.1, 0.15) is 11.6 Å². The van der Waals surface area contributed by atoms with Gasteiger partial charge in [0.25, 0.3) is 0 Å². The lowest BCUT2D eigenvalue weighted by Crippen LogP contribution is -2.33. The SMILES string of the molecule is COc1ccnc(N2CCC(c3ccn[nH]3)CC2)c1. The standard InChI is InChI=1S/C14H18N4O/c1-19-12-2-6-15-14(10-12)18-8-4-11(5-9-18)13-3-7-16-17-13/h2-3,6-7,10-11H,4-5,8-9H2,1H3,(H,16,17). The number of anilines is 1. The predicted octanol–water partition coefficient (Wildman–Crippen LogP) is 2.20. The smallest absolute Gasteiger partial charge is 0.132 e. The largest absolute Gasteiger partial charge is 0.497 e. The third kappa shape index (κ3) is 2.54. The molecular formula is C14H18N4O. The van der Waals surface area contributed by atoms with Crippen LogP contribution in [0.2, 0.25) is 0 Å². The first-order chi connectivity index (χ1) is 9.36. The zero-order chi connectivity index (χ0) is 13.1. The number of hydrogen-bond donors (Lipinski definition) is 1. The number of nitrogens with one attached hydrogen (secondary N) is 1. The maximum atomic E-state index is 5.25. The molecule has 0 atom stereocenters. The van der Waals surface area contributed by atoms with Crippen LogP contribution in [-0.2, 0) is 0 Å². The van der Waals surface area contributed by atoms with Gasteiger partial charge in [0.15, 0.2) is 0 Å². The molecule has 0 saturated carbocycles. The van der Waals surface area contributed by atoms with Gasteiger partial charge in [-0.25, -0.2) is 4.98 Å². The summed E-state index contributed by atoms with van der Waals surface area (Å²) in [6.07, 6.45) is 5.88. The van der Waals surface area contributed by atoms with Crippen LogP contribution in [0.15, 0.2) is 30.6 Å². The molecule has 0 unspecified atom stereocenters. The summed E-state index contributed by atoms with van der Waals surface area (Å²) in [6.45, 7) is 2.04. The van der Waals surface area contributed by atoms with Crippen molar-refractivity contribution in [1.29, 1.82) is 0 Å². The number of pyridine rings is 1. The maximum absolute atomic E-state index is 5.25. The van der Waals surface area contributed by atoms with Gasteiger partial charge in [0.2, 0.25) is 0 Å². The molecule has 2 aromatic rings. The first kappa shape index (κ1) is 12.0. The molecule has 3 heterocycles. The summed E-state index contributed by atoms with van der Waals surface area (Å²) in [7, 11) is 1.68. The fraction of sp³-hybridized carbons (Fsp3) is 0.429. The Morgan fingerprint density at radius 3 is 2.79 bits per heavy atom. The molecule has 1 aliphatic heterocycles. The summed E-state index contributed by atoms with van der Waals surface area (Å²) in [5.74, 6) is 2.45. The summed E-state index contributed by atoms with van der Waals surface area (Å²) in [4.78, 5) is 6.74.